The molecule has 0 aromatic heterocycles. The molecule has 0 N–H and O–H groups in total. The van der Waals surface area contributed by atoms with Crippen molar-refractivity contribution in [2.45, 2.75) is 157 Å². The highest BCUT2D eigenvalue weighted by Gasteiger charge is 2.60. The Kier molecular flexibility index (Phi) is 8.80. The van der Waals surface area contributed by atoms with E-state index in [0.717, 1.165) is 6.54 Å². The molecule has 2 aliphatic rings. The Morgan fingerprint density at radius 1 is 0.545 bits per heavy atom. The van der Waals surface area contributed by atoms with Crippen LogP contribution in [0.5, 0.6) is 0 Å². The Balaban J connectivity index is 0.000000331. The third kappa shape index (κ3) is 4.46. The van der Waals surface area contributed by atoms with Gasteiger partial charge in [0.15, 0.2) is 0 Å². The van der Waals surface area contributed by atoms with E-state index in [0.29, 0.717) is 21.9 Å². The molecule has 0 aliphatic carbocycles. The lowest BCUT2D eigenvalue weighted by Crippen LogP contribution is -2.76. The van der Waals surface area contributed by atoms with Gasteiger partial charge in [0.25, 0.3) is 0 Å². The molecule has 2 saturated heterocycles. The number of likely N-dealkylation sites (tertiary alicyclic amines) is 1. The van der Waals surface area contributed by atoms with Gasteiger partial charge in [0, 0.05) is 34.2 Å². The van der Waals surface area contributed by atoms with E-state index in [1.165, 1.54) is 32.1 Å². The Morgan fingerprint density at radius 2 is 0.939 bits per heavy atom. The van der Waals surface area contributed by atoms with Gasteiger partial charge in [-0.15, -0.1) is 0 Å². The Morgan fingerprint density at radius 3 is 1.30 bits per heavy atom. The van der Waals surface area contributed by atoms with Crippen LogP contribution in [0.2, 0.25) is 0 Å². The maximum absolute atomic E-state index is 2.67. The number of hydrogen-bond donors (Lipinski definition) is 0. The molecule has 0 bridgehead atoms. The number of nitrogens with zero attached hydrogens (tertiary/aromatic N) is 3. The van der Waals surface area contributed by atoms with Crippen molar-refractivity contribution in [2.24, 2.45) is 10.8 Å². The molecule has 4 atom stereocenters. The molecule has 0 saturated carbocycles. The molecule has 3 nitrogen and oxygen atoms in total. The van der Waals surface area contributed by atoms with Gasteiger partial charge in [0.05, 0.1) is 0 Å². The van der Waals surface area contributed by atoms with Crippen LogP contribution in [0, 0.1) is 10.8 Å². The van der Waals surface area contributed by atoms with Crippen molar-refractivity contribution in [1.82, 2.24) is 14.7 Å². The quantitative estimate of drug-likeness (QED) is 0.421. The summed E-state index contributed by atoms with van der Waals surface area (Å²) >= 11 is 0. The molecule has 2 heterocycles. The molecule has 0 aromatic rings. The van der Waals surface area contributed by atoms with Crippen molar-refractivity contribution in [3.8, 4) is 0 Å². The van der Waals surface area contributed by atoms with Crippen molar-refractivity contribution < 1.29 is 0 Å². The molecular formula is C30H63N3. The van der Waals surface area contributed by atoms with Gasteiger partial charge in [-0.25, -0.2) is 0 Å². The summed E-state index contributed by atoms with van der Waals surface area (Å²) in [5.41, 5.74) is 2.10. The first-order valence-corrected chi connectivity index (χ1v) is 13.8. The van der Waals surface area contributed by atoms with Gasteiger partial charge >= 0.3 is 0 Å². The summed E-state index contributed by atoms with van der Waals surface area (Å²) in [6.45, 7) is 34.8. The summed E-state index contributed by atoms with van der Waals surface area (Å²) in [6, 6.07) is 0. The van der Waals surface area contributed by atoms with Crippen LogP contribution in [-0.4, -0.2) is 70.1 Å². The van der Waals surface area contributed by atoms with Crippen molar-refractivity contribution in [1.29, 1.82) is 0 Å². The maximum Gasteiger partial charge on any atom is 0.0359 e. The van der Waals surface area contributed by atoms with Crippen molar-refractivity contribution in [3.05, 3.63) is 0 Å². The smallest absolute Gasteiger partial charge is 0.0359 e. The molecule has 0 amide bonds. The average molecular weight is 466 g/mol. The van der Waals surface area contributed by atoms with Gasteiger partial charge < -0.3 is 0 Å². The van der Waals surface area contributed by atoms with E-state index in [4.69, 9.17) is 0 Å². The Hall–Kier alpha value is -0.120. The molecule has 4 unspecified atom stereocenters. The number of likely N-dealkylation sites (N-methyl/N-ethyl adjacent to an activating group) is 2. The van der Waals surface area contributed by atoms with Gasteiger partial charge in [-0.1, -0.05) is 55.4 Å². The minimum absolute atomic E-state index is 0.227. The number of piperidine rings is 1. The maximum atomic E-state index is 2.67. The minimum Gasteiger partial charge on any atom is -0.298 e. The molecule has 0 radical (unpaired) electrons. The summed E-state index contributed by atoms with van der Waals surface area (Å²) in [4.78, 5) is 7.84. The molecule has 33 heavy (non-hydrogen) atoms. The van der Waals surface area contributed by atoms with E-state index in [2.05, 4.69) is 133 Å². The van der Waals surface area contributed by atoms with Crippen molar-refractivity contribution in [3.63, 3.8) is 0 Å². The van der Waals surface area contributed by atoms with Crippen LogP contribution >= 0.6 is 0 Å². The zero-order valence-corrected chi connectivity index (χ0v) is 26.1. The van der Waals surface area contributed by atoms with Crippen LogP contribution in [0.4, 0.5) is 0 Å². The minimum atomic E-state index is 0.227. The summed E-state index contributed by atoms with van der Waals surface area (Å²) in [5.74, 6) is 0. The lowest BCUT2D eigenvalue weighted by atomic mass is 9.49. The van der Waals surface area contributed by atoms with Crippen LogP contribution in [0.15, 0.2) is 0 Å². The van der Waals surface area contributed by atoms with Gasteiger partial charge in [-0.2, -0.15) is 0 Å². The van der Waals surface area contributed by atoms with Gasteiger partial charge in [-0.05, 0) is 106 Å². The molecule has 0 aromatic carbocycles. The molecule has 0 spiro atoms. The Labute approximate surface area is 210 Å². The monoisotopic (exact) mass is 466 g/mol. The highest BCUT2D eigenvalue weighted by molar-refractivity contribution is 5.14. The highest BCUT2D eigenvalue weighted by atomic mass is 15.4. The summed E-state index contributed by atoms with van der Waals surface area (Å²) in [5, 5.41) is 0. The zero-order valence-electron chi connectivity index (χ0n) is 26.1. The Bertz CT molecular complexity index is 665. The predicted octanol–water partition coefficient (Wildman–Crippen LogP) is 7.69. The van der Waals surface area contributed by atoms with Gasteiger partial charge in [0.2, 0.25) is 0 Å². The predicted molar refractivity (Wildman–Crippen MR) is 149 cm³/mol. The first-order valence-electron chi connectivity index (χ1n) is 13.8. The van der Waals surface area contributed by atoms with E-state index in [1.54, 1.807) is 0 Å². The van der Waals surface area contributed by atoms with Crippen molar-refractivity contribution in [2.75, 3.05) is 27.7 Å². The molecule has 3 heteroatoms. The lowest BCUT2D eigenvalue weighted by molar-refractivity contribution is -0.175. The number of piperazine rings is 1. The highest BCUT2D eigenvalue weighted by Crippen LogP contribution is 2.60. The number of rotatable bonds is 4. The molecule has 2 rings (SSSR count). The number of hydrogen-bond acceptors (Lipinski definition) is 3. The van der Waals surface area contributed by atoms with E-state index in [-0.39, 0.29) is 16.6 Å². The molecular weight excluding hydrogens is 402 g/mol. The van der Waals surface area contributed by atoms with Gasteiger partial charge in [-0.3, -0.25) is 14.7 Å². The summed E-state index contributed by atoms with van der Waals surface area (Å²) < 4.78 is 0. The fourth-order valence-corrected chi connectivity index (χ4v) is 7.33. The fraction of sp³-hybridized carbons (Fsp3) is 1.00. The fourth-order valence-electron chi connectivity index (χ4n) is 7.33. The van der Waals surface area contributed by atoms with Crippen LogP contribution < -0.4 is 0 Å². The average Bonchev–Trinajstić information content (AvgIpc) is 2.74. The van der Waals surface area contributed by atoms with E-state index >= 15 is 0 Å². The molecule has 2 aliphatic heterocycles. The first-order chi connectivity index (χ1) is 14.6. The molecule has 2 fully saturated rings. The van der Waals surface area contributed by atoms with E-state index in [1.807, 2.05) is 0 Å². The second kappa shape index (κ2) is 9.40. The topological polar surface area (TPSA) is 9.72 Å². The van der Waals surface area contributed by atoms with Crippen molar-refractivity contribution >= 4 is 0 Å². The normalized spacial score (nSPS) is 41.4. The van der Waals surface area contributed by atoms with E-state index in [9.17, 15) is 0 Å². The molecule has 198 valence electrons. The first kappa shape index (κ1) is 30.9. The SMILES string of the molecule is CCC1(C)CC(C)(C)C(C)(C)C(C)(CC)N1C.CCC1(C)CN(C)C(C)(C)C(C)(CC)N1C. The largest absolute Gasteiger partial charge is 0.298 e. The lowest BCUT2D eigenvalue weighted by Gasteiger charge is -2.68. The third-order valence-corrected chi connectivity index (χ3v) is 12.7. The van der Waals surface area contributed by atoms with Crippen LogP contribution in [0.3, 0.4) is 0 Å². The zero-order chi connectivity index (χ0) is 26.5. The summed E-state index contributed by atoms with van der Waals surface area (Å²) in [7, 11) is 6.92. The second-order valence-electron chi connectivity index (χ2n) is 14.2. The van der Waals surface area contributed by atoms with Crippen LogP contribution in [-0.2, 0) is 0 Å². The third-order valence-electron chi connectivity index (χ3n) is 12.7. The van der Waals surface area contributed by atoms with Gasteiger partial charge in [0.1, 0.15) is 0 Å². The summed E-state index contributed by atoms with van der Waals surface area (Å²) in [6.07, 6.45) is 6.14. The van der Waals surface area contributed by atoms with E-state index < -0.39 is 0 Å². The van der Waals surface area contributed by atoms with Crippen LogP contribution in [0.25, 0.3) is 0 Å². The van der Waals surface area contributed by atoms with Crippen LogP contribution in [0.1, 0.15) is 129 Å². The standard InChI is InChI=1S/C16H33N.C14H30N2/c1-10-15(7)12-13(3,4)14(5,6)16(8,11-2)17(15)9;1-9-13(5)11-15(7)12(3,4)14(6,10-2)16(13)8/h10-12H2,1-9H3;9-11H2,1-8H3. The second-order valence-corrected chi connectivity index (χ2v) is 14.2.